The summed E-state index contributed by atoms with van der Waals surface area (Å²) in [5.74, 6) is 0. The van der Waals surface area contributed by atoms with Crippen LogP contribution < -0.4 is 0 Å². The standard InChI is InChI=1S/C26H28N2O3/c1-29-16-17-31-19-18-30-15-14-28-25-5-3-2-4-23(25)24-20-22(8-9-26(24)28)7-6-21-10-12-27-13-11-21/h2-13,20H,14-19H2,1H3/b7-6+. The van der Waals surface area contributed by atoms with Gasteiger partial charge < -0.3 is 18.8 Å². The summed E-state index contributed by atoms with van der Waals surface area (Å²) in [6, 6.07) is 19.2. The lowest BCUT2D eigenvalue weighted by Gasteiger charge is -2.09. The van der Waals surface area contributed by atoms with Crippen LogP contribution in [0.5, 0.6) is 0 Å². The van der Waals surface area contributed by atoms with E-state index in [0.717, 1.165) is 12.1 Å². The average molecular weight is 417 g/mol. The van der Waals surface area contributed by atoms with Crippen LogP contribution in [-0.2, 0) is 20.8 Å². The molecule has 0 bridgehead atoms. The average Bonchev–Trinajstić information content (AvgIpc) is 3.13. The molecule has 0 saturated carbocycles. The zero-order valence-electron chi connectivity index (χ0n) is 17.9. The van der Waals surface area contributed by atoms with Gasteiger partial charge in [-0.15, -0.1) is 0 Å². The first kappa shape index (κ1) is 21.2. The SMILES string of the molecule is COCCOCCOCCn1c2ccccc2c2cc(/C=C/c3ccncc3)ccc21. The summed E-state index contributed by atoms with van der Waals surface area (Å²) in [5.41, 5.74) is 4.77. The normalized spacial score (nSPS) is 11.8. The zero-order chi connectivity index (χ0) is 21.3. The lowest BCUT2D eigenvalue weighted by atomic mass is 10.1. The fourth-order valence-electron chi connectivity index (χ4n) is 3.70. The molecule has 0 spiro atoms. The molecular formula is C26H28N2O3. The Kier molecular flexibility index (Phi) is 7.45. The van der Waals surface area contributed by atoms with E-state index in [9.17, 15) is 0 Å². The first-order valence-corrected chi connectivity index (χ1v) is 10.6. The molecule has 0 aliphatic carbocycles. The van der Waals surface area contributed by atoms with Crippen LogP contribution in [0.3, 0.4) is 0 Å². The number of benzene rings is 2. The van der Waals surface area contributed by atoms with Gasteiger partial charge in [-0.25, -0.2) is 0 Å². The lowest BCUT2D eigenvalue weighted by molar-refractivity contribution is 0.0234. The summed E-state index contributed by atoms with van der Waals surface area (Å²) < 4.78 is 18.6. The highest BCUT2D eigenvalue weighted by molar-refractivity contribution is 6.08. The van der Waals surface area contributed by atoms with Crippen molar-refractivity contribution in [2.45, 2.75) is 6.54 Å². The Balaban J connectivity index is 1.49. The number of hydrogen-bond donors (Lipinski definition) is 0. The minimum Gasteiger partial charge on any atom is -0.382 e. The van der Waals surface area contributed by atoms with Crippen LogP contribution in [-0.4, -0.2) is 49.7 Å². The van der Waals surface area contributed by atoms with Gasteiger partial charge in [0, 0.05) is 47.9 Å². The van der Waals surface area contributed by atoms with Crippen molar-refractivity contribution in [3.63, 3.8) is 0 Å². The molecule has 2 aromatic heterocycles. The van der Waals surface area contributed by atoms with E-state index in [1.165, 1.54) is 27.4 Å². The summed E-state index contributed by atoms with van der Waals surface area (Å²) in [4.78, 5) is 4.07. The number of para-hydroxylation sites is 1. The van der Waals surface area contributed by atoms with Crippen LogP contribution in [0.2, 0.25) is 0 Å². The predicted octanol–water partition coefficient (Wildman–Crippen LogP) is 5.04. The molecule has 0 atom stereocenters. The molecule has 4 aromatic rings. The highest BCUT2D eigenvalue weighted by Gasteiger charge is 2.10. The van der Waals surface area contributed by atoms with E-state index in [2.05, 4.69) is 64.2 Å². The first-order chi connectivity index (χ1) is 15.4. The summed E-state index contributed by atoms with van der Waals surface area (Å²) in [5, 5.41) is 2.52. The van der Waals surface area contributed by atoms with Crippen LogP contribution >= 0.6 is 0 Å². The molecule has 0 saturated heterocycles. The van der Waals surface area contributed by atoms with Crippen molar-refractivity contribution in [1.29, 1.82) is 0 Å². The van der Waals surface area contributed by atoms with Gasteiger partial charge in [-0.05, 0) is 41.5 Å². The third-order valence-electron chi connectivity index (χ3n) is 5.23. The lowest BCUT2D eigenvalue weighted by Crippen LogP contribution is -2.11. The first-order valence-electron chi connectivity index (χ1n) is 10.6. The van der Waals surface area contributed by atoms with Gasteiger partial charge in [0.15, 0.2) is 0 Å². The van der Waals surface area contributed by atoms with Crippen molar-refractivity contribution in [2.75, 3.05) is 40.1 Å². The van der Waals surface area contributed by atoms with Crippen LogP contribution in [0.15, 0.2) is 67.0 Å². The van der Waals surface area contributed by atoms with E-state index in [1.807, 2.05) is 24.5 Å². The quantitative estimate of drug-likeness (QED) is 0.321. The van der Waals surface area contributed by atoms with E-state index >= 15 is 0 Å². The third-order valence-corrected chi connectivity index (χ3v) is 5.23. The molecule has 0 amide bonds. The maximum absolute atomic E-state index is 5.79. The largest absolute Gasteiger partial charge is 0.382 e. The Morgan fingerprint density at radius 2 is 1.45 bits per heavy atom. The van der Waals surface area contributed by atoms with Crippen LogP contribution in [0.4, 0.5) is 0 Å². The van der Waals surface area contributed by atoms with Crippen LogP contribution in [0, 0.1) is 0 Å². The van der Waals surface area contributed by atoms with Gasteiger partial charge in [-0.2, -0.15) is 0 Å². The highest BCUT2D eigenvalue weighted by atomic mass is 16.5. The summed E-state index contributed by atoms with van der Waals surface area (Å²) in [6.45, 7) is 3.83. The topological polar surface area (TPSA) is 45.5 Å². The van der Waals surface area contributed by atoms with E-state index < -0.39 is 0 Å². The molecule has 0 aliphatic rings. The van der Waals surface area contributed by atoms with Gasteiger partial charge >= 0.3 is 0 Å². The minimum atomic E-state index is 0.587. The summed E-state index contributed by atoms with van der Waals surface area (Å²) >= 11 is 0. The molecule has 5 nitrogen and oxygen atoms in total. The Morgan fingerprint density at radius 1 is 0.742 bits per heavy atom. The molecule has 0 fully saturated rings. The maximum Gasteiger partial charge on any atom is 0.0701 e. The van der Waals surface area contributed by atoms with Crippen molar-refractivity contribution in [2.24, 2.45) is 0 Å². The van der Waals surface area contributed by atoms with Gasteiger partial charge in [-0.3, -0.25) is 4.98 Å². The van der Waals surface area contributed by atoms with E-state index in [1.54, 1.807) is 7.11 Å². The summed E-state index contributed by atoms with van der Waals surface area (Å²) in [7, 11) is 1.67. The molecule has 2 heterocycles. The van der Waals surface area contributed by atoms with Crippen LogP contribution in [0.1, 0.15) is 11.1 Å². The molecule has 0 unspecified atom stereocenters. The number of hydrogen-bond acceptors (Lipinski definition) is 4. The van der Waals surface area contributed by atoms with Crippen molar-refractivity contribution in [3.8, 4) is 0 Å². The van der Waals surface area contributed by atoms with Gasteiger partial charge in [0.2, 0.25) is 0 Å². The molecule has 0 N–H and O–H groups in total. The van der Waals surface area contributed by atoms with Gasteiger partial charge in [-0.1, -0.05) is 36.4 Å². The fourth-order valence-corrected chi connectivity index (χ4v) is 3.70. The number of nitrogens with zero attached hydrogens (tertiary/aromatic N) is 2. The number of fused-ring (bicyclic) bond motifs is 3. The number of rotatable bonds is 11. The molecule has 0 radical (unpaired) electrons. The molecule has 31 heavy (non-hydrogen) atoms. The number of ether oxygens (including phenoxy) is 3. The van der Waals surface area contributed by atoms with Crippen molar-refractivity contribution in [3.05, 3.63) is 78.1 Å². The minimum absolute atomic E-state index is 0.587. The smallest absolute Gasteiger partial charge is 0.0701 e. The van der Waals surface area contributed by atoms with E-state index in [4.69, 9.17) is 14.2 Å². The predicted molar refractivity (Wildman–Crippen MR) is 126 cm³/mol. The van der Waals surface area contributed by atoms with Gasteiger partial charge in [0.25, 0.3) is 0 Å². The second-order valence-corrected chi connectivity index (χ2v) is 7.28. The second-order valence-electron chi connectivity index (χ2n) is 7.28. The highest BCUT2D eigenvalue weighted by Crippen LogP contribution is 2.30. The maximum atomic E-state index is 5.79. The van der Waals surface area contributed by atoms with Gasteiger partial charge in [0.1, 0.15) is 0 Å². The van der Waals surface area contributed by atoms with Crippen molar-refractivity contribution >= 4 is 34.0 Å². The number of methoxy groups -OCH3 is 1. The second kappa shape index (κ2) is 10.9. The molecule has 2 aromatic carbocycles. The van der Waals surface area contributed by atoms with E-state index in [-0.39, 0.29) is 0 Å². The Hall–Kier alpha value is -2.99. The molecule has 160 valence electrons. The monoisotopic (exact) mass is 416 g/mol. The van der Waals surface area contributed by atoms with Gasteiger partial charge in [0.05, 0.1) is 33.0 Å². The Labute approximate surface area is 182 Å². The van der Waals surface area contributed by atoms with Crippen molar-refractivity contribution < 1.29 is 14.2 Å². The fraction of sp³-hybridized carbons (Fsp3) is 0.269. The Bertz CT molecular complexity index is 1140. The third kappa shape index (κ3) is 5.39. The number of pyridine rings is 1. The zero-order valence-corrected chi connectivity index (χ0v) is 17.9. The van der Waals surface area contributed by atoms with E-state index in [0.29, 0.717) is 33.0 Å². The van der Waals surface area contributed by atoms with Crippen LogP contribution in [0.25, 0.3) is 34.0 Å². The molecular weight excluding hydrogens is 388 g/mol. The molecule has 5 heteroatoms. The number of aromatic nitrogens is 2. The molecule has 0 aliphatic heterocycles. The molecule has 4 rings (SSSR count). The Morgan fingerprint density at radius 3 is 2.29 bits per heavy atom. The van der Waals surface area contributed by atoms with Crippen molar-refractivity contribution in [1.82, 2.24) is 9.55 Å². The summed E-state index contributed by atoms with van der Waals surface area (Å²) in [6.07, 6.45) is 7.88.